The van der Waals surface area contributed by atoms with Gasteiger partial charge in [0.1, 0.15) is 0 Å². The Balaban J connectivity index is 3.92. The van der Waals surface area contributed by atoms with E-state index < -0.39 is 16.0 Å². The van der Waals surface area contributed by atoms with Gasteiger partial charge in [0.25, 0.3) is 10.1 Å². The summed E-state index contributed by atoms with van der Waals surface area (Å²) in [6.45, 7) is 1.22. The third kappa shape index (κ3) is 7.12. The topological polar surface area (TPSA) is 83.5 Å². The molecule has 0 aliphatic carbocycles. The van der Waals surface area contributed by atoms with Gasteiger partial charge in [-0.05, 0) is 0 Å². The molecule has 10 heavy (non-hydrogen) atoms. The summed E-state index contributed by atoms with van der Waals surface area (Å²) in [4.78, 5) is 10.1. The number of rotatable bonds is 2. The number of carbonyl (C=O) groups is 1. The van der Waals surface area contributed by atoms with Crippen molar-refractivity contribution in [1.29, 1.82) is 0 Å². The van der Waals surface area contributed by atoms with Crippen molar-refractivity contribution in [1.82, 2.24) is 5.32 Å². The van der Waals surface area contributed by atoms with Crippen LogP contribution >= 0.6 is 0 Å². The lowest BCUT2D eigenvalue weighted by Gasteiger charge is -1.88. The van der Waals surface area contributed by atoms with E-state index in [0.717, 1.165) is 6.20 Å². The van der Waals surface area contributed by atoms with Gasteiger partial charge >= 0.3 is 0 Å². The lowest BCUT2D eigenvalue weighted by Crippen LogP contribution is -2.12. The molecule has 0 aromatic rings. The number of carbonyl (C=O) groups excluding carboxylic acids is 1. The van der Waals surface area contributed by atoms with Crippen molar-refractivity contribution in [3.05, 3.63) is 11.6 Å². The smallest absolute Gasteiger partial charge is 0.289 e. The van der Waals surface area contributed by atoms with Gasteiger partial charge in [-0.1, -0.05) is 0 Å². The van der Waals surface area contributed by atoms with Crippen LogP contribution in [0.4, 0.5) is 0 Å². The molecule has 0 spiro atoms. The van der Waals surface area contributed by atoms with Crippen LogP contribution in [0.3, 0.4) is 0 Å². The maximum Gasteiger partial charge on any atom is 0.289 e. The molecular formula is C4H7NO4S. The summed E-state index contributed by atoms with van der Waals surface area (Å²) < 4.78 is 27.9. The van der Waals surface area contributed by atoms with Gasteiger partial charge in [0, 0.05) is 13.1 Å². The van der Waals surface area contributed by atoms with Crippen LogP contribution in [-0.4, -0.2) is 18.9 Å². The number of amides is 1. The summed E-state index contributed by atoms with van der Waals surface area (Å²) in [5.41, 5.74) is 0. The van der Waals surface area contributed by atoms with E-state index in [4.69, 9.17) is 4.55 Å². The zero-order valence-electron chi connectivity index (χ0n) is 5.23. The molecule has 0 rings (SSSR count). The van der Waals surface area contributed by atoms with Gasteiger partial charge in [-0.25, -0.2) is 0 Å². The highest BCUT2D eigenvalue weighted by atomic mass is 32.2. The first-order valence-corrected chi connectivity index (χ1v) is 3.83. The van der Waals surface area contributed by atoms with Crippen LogP contribution < -0.4 is 5.32 Å². The van der Waals surface area contributed by atoms with Crippen LogP contribution in [0.25, 0.3) is 0 Å². The number of nitrogens with one attached hydrogen (secondary N) is 1. The van der Waals surface area contributed by atoms with Gasteiger partial charge in [-0.2, -0.15) is 8.42 Å². The summed E-state index contributed by atoms with van der Waals surface area (Å²) in [5.74, 6) is -0.403. The molecule has 0 aromatic heterocycles. The van der Waals surface area contributed by atoms with Gasteiger partial charge in [0.05, 0.1) is 5.41 Å². The van der Waals surface area contributed by atoms with Crippen molar-refractivity contribution in [2.45, 2.75) is 6.92 Å². The molecule has 0 unspecified atom stereocenters. The highest BCUT2D eigenvalue weighted by Gasteiger charge is 1.93. The summed E-state index contributed by atoms with van der Waals surface area (Å²) in [5, 5.41) is 2.52. The quantitative estimate of drug-likeness (QED) is 0.539. The van der Waals surface area contributed by atoms with Gasteiger partial charge < -0.3 is 5.32 Å². The Hall–Kier alpha value is -0.880. The van der Waals surface area contributed by atoms with Gasteiger partial charge in [-0.3, -0.25) is 9.35 Å². The molecule has 0 aliphatic heterocycles. The predicted molar refractivity (Wildman–Crippen MR) is 34.5 cm³/mol. The maximum absolute atomic E-state index is 10.1. The van der Waals surface area contributed by atoms with Crippen molar-refractivity contribution in [2.24, 2.45) is 0 Å². The molecule has 0 bridgehead atoms. The van der Waals surface area contributed by atoms with E-state index >= 15 is 0 Å². The molecule has 6 heteroatoms. The fourth-order valence-corrected chi connectivity index (χ4v) is 0.477. The minimum Gasteiger partial charge on any atom is -0.332 e. The standard InChI is InChI=1S/C4H7NO4S/c1-4(6)5-2-3-10(7,8)9/h2-3H,1H3,(H,5,6)(H,7,8,9)/b3-2+. The van der Waals surface area contributed by atoms with E-state index in [1.807, 2.05) is 5.32 Å². The Labute approximate surface area is 58.5 Å². The van der Waals surface area contributed by atoms with E-state index in [-0.39, 0.29) is 0 Å². The second kappa shape index (κ2) is 3.33. The average Bonchev–Trinajstić information content (AvgIpc) is 1.59. The van der Waals surface area contributed by atoms with Crippen molar-refractivity contribution in [3.63, 3.8) is 0 Å². The van der Waals surface area contributed by atoms with E-state index in [0.29, 0.717) is 5.41 Å². The Kier molecular flexibility index (Phi) is 3.04. The van der Waals surface area contributed by atoms with Crippen LogP contribution in [0.1, 0.15) is 6.92 Å². The molecule has 0 atom stereocenters. The minimum absolute atomic E-state index is 0.403. The Morgan fingerprint density at radius 3 is 2.40 bits per heavy atom. The predicted octanol–water partition coefficient (Wildman–Crippen LogP) is -0.518. The van der Waals surface area contributed by atoms with Crippen LogP contribution in [-0.2, 0) is 14.9 Å². The molecule has 0 aliphatic rings. The third-order valence-electron chi connectivity index (χ3n) is 0.527. The Bertz CT molecular complexity index is 240. The summed E-state index contributed by atoms with van der Waals surface area (Å²) in [7, 11) is -4.12. The van der Waals surface area contributed by atoms with Gasteiger partial charge in [0.15, 0.2) is 0 Å². The molecule has 0 saturated carbocycles. The molecular weight excluding hydrogens is 158 g/mol. The first-order valence-electron chi connectivity index (χ1n) is 2.33. The normalized spacial score (nSPS) is 11.8. The zero-order valence-corrected chi connectivity index (χ0v) is 6.05. The lowest BCUT2D eigenvalue weighted by atomic mass is 10.7. The fraction of sp³-hybridized carbons (Fsp3) is 0.250. The van der Waals surface area contributed by atoms with E-state index in [2.05, 4.69) is 0 Å². The monoisotopic (exact) mass is 165 g/mol. The largest absolute Gasteiger partial charge is 0.332 e. The fourth-order valence-electron chi connectivity index (χ4n) is 0.237. The van der Waals surface area contributed by atoms with E-state index in [9.17, 15) is 13.2 Å². The molecule has 0 heterocycles. The number of hydrogen-bond donors (Lipinski definition) is 2. The molecule has 1 amide bonds. The SMILES string of the molecule is CC(=O)N/C=C/S(=O)(=O)O. The Morgan fingerprint density at radius 1 is 1.60 bits per heavy atom. The van der Waals surface area contributed by atoms with Crippen molar-refractivity contribution >= 4 is 16.0 Å². The molecule has 0 fully saturated rings. The summed E-state index contributed by atoms with van der Waals surface area (Å²) in [6, 6.07) is 0. The molecule has 0 aromatic carbocycles. The molecule has 58 valence electrons. The number of hydrogen-bond acceptors (Lipinski definition) is 3. The lowest BCUT2D eigenvalue weighted by molar-refractivity contribution is -0.118. The van der Waals surface area contributed by atoms with Crippen LogP contribution in [0, 0.1) is 0 Å². The second-order valence-corrected chi connectivity index (χ2v) is 2.82. The minimum atomic E-state index is -4.12. The molecule has 5 nitrogen and oxygen atoms in total. The highest BCUT2D eigenvalue weighted by Crippen LogP contribution is 1.80. The van der Waals surface area contributed by atoms with Crippen molar-refractivity contribution in [2.75, 3.05) is 0 Å². The third-order valence-corrected chi connectivity index (χ3v) is 1.01. The second-order valence-electron chi connectivity index (χ2n) is 1.52. The average molecular weight is 165 g/mol. The molecule has 0 saturated heterocycles. The highest BCUT2D eigenvalue weighted by molar-refractivity contribution is 7.88. The first kappa shape index (κ1) is 9.12. The summed E-state index contributed by atoms with van der Waals surface area (Å²) >= 11 is 0. The summed E-state index contributed by atoms with van der Waals surface area (Å²) in [6.07, 6.45) is 0.845. The van der Waals surface area contributed by atoms with Crippen LogP contribution in [0.15, 0.2) is 11.6 Å². The zero-order chi connectivity index (χ0) is 8.20. The van der Waals surface area contributed by atoms with E-state index in [1.165, 1.54) is 6.92 Å². The van der Waals surface area contributed by atoms with Crippen molar-refractivity contribution in [3.8, 4) is 0 Å². The van der Waals surface area contributed by atoms with Gasteiger partial charge in [0.2, 0.25) is 5.91 Å². The van der Waals surface area contributed by atoms with Crippen LogP contribution in [0.2, 0.25) is 0 Å². The first-order chi connectivity index (χ1) is 4.42. The molecule has 2 N–H and O–H groups in total. The van der Waals surface area contributed by atoms with Crippen LogP contribution in [0.5, 0.6) is 0 Å². The Morgan fingerprint density at radius 2 is 2.10 bits per heavy atom. The van der Waals surface area contributed by atoms with Crippen molar-refractivity contribution < 1.29 is 17.8 Å². The van der Waals surface area contributed by atoms with E-state index in [1.54, 1.807) is 0 Å². The van der Waals surface area contributed by atoms with Gasteiger partial charge in [-0.15, -0.1) is 0 Å². The molecule has 0 radical (unpaired) electrons. The maximum atomic E-state index is 10.1.